The zero-order valence-corrected chi connectivity index (χ0v) is 14.6. The third-order valence-electron chi connectivity index (χ3n) is 4.67. The van der Waals surface area contributed by atoms with E-state index in [2.05, 4.69) is 5.32 Å². The molecule has 0 saturated heterocycles. The Morgan fingerprint density at radius 1 is 1.15 bits per heavy atom. The van der Waals surface area contributed by atoms with Gasteiger partial charge in [-0.05, 0) is 36.1 Å². The molecule has 1 saturated carbocycles. The smallest absolute Gasteiger partial charge is 0.326 e. The van der Waals surface area contributed by atoms with E-state index in [0.29, 0.717) is 0 Å². The molecule has 2 aromatic carbocycles. The number of aliphatic carboxylic acids is 1. The predicted molar refractivity (Wildman–Crippen MR) is 97.6 cm³/mol. The van der Waals surface area contributed by atoms with Gasteiger partial charge in [0.2, 0.25) is 11.8 Å². The van der Waals surface area contributed by atoms with Crippen LogP contribution in [0.1, 0.15) is 25.3 Å². The highest BCUT2D eigenvalue weighted by atomic mass is 16.4. The van der Waals surface area contributed by atoms with Gasteiger partial charge in [0.1, 0.15) is 6.04 Å². The molecule has 0 aliphatic heterocycles. The lowest BCUT2D eigenvalue weighted by molar-refractivity contribution is -0.149. The first kappa shape index (κ1) is 17.9. The molecular weight excluding hydrogens is 332 g/mol. The second-order valence-corrected chi connectivity index (χ2v) is 6.64. The highest BCUT2D eigenvalue weighted by Crippen LogP contribution is 2.28. The number of fused-ring (bicyclic) bond motifs is 1. The van der Waals surface area contributed by atoms with E-state index in [0.717, 1.165) is 29.2 Å². The van der Waals surface area contributed by atoms with E-state index in [1.165, 1.54) is 11.8 Å². The maximum atomic E-state index is 12.4. The Hall–Kier alpha value is -2.89. The van der Waals surface area contributed by atoms with Crippen molar-refractivity contribution in [2.24, 2.45) is 0 Å². The van der Waals surface area contributed by atoms with Gasteiger partial charge in [-0.1, -0.05) is 42.5 Å². The minimum atomic E-state index is -1.03. The number of carboxylic acid groups (broad SMARTS) is 1. The van der Waals surface area contributed by atoms with Crippen LogP contribution in [0.3, 0.4) is 0 Å². The topological polar surface area (TPSA) is 86.7 Å². The van der Waals surface area contributed by atoms with Gasteiger partial charge in [-0.3, -0.25) is 9.59 Å². The summed E-state index contributed by atoms with van der Waals surface area (Å²) in [6.07, 6.45) is 1.80. The molecule has 2 N–H and O–H groups in total. The van der Waals surface area contributed by atoms with Crippen molar-refractivity contribution in [3.8, 4) is 0 Å². The summed E-state index contributed by atoms with van der Waals surface area (Å²) in [5, 5.41) is 13.9. The van der Waals surface area contributed by atoms with Gasteiger partial charge in [0.25, 0.3) is 0 Å². The number of nitrogens with one attached hydrogen (secondary N) is 1. The molecule has 3 rings (SSSR count). The van der Waals surface area contributed by atoms with Crippen molar-refractivity contribution in [1.82, 2.24) is 10.2 Å². The lowest BCUT2D eigenvalue weighted by atomic mass is 10.0. The summed E-state index contributed by atoms with van der Waals surface area (Å²) in [6, 6.07) is 12.7. The molecule has 6 heteroatoms. The molecular formula is C20H22N2O4. The lowest BCUT2D eigenvalue weighted by Gasteiger charge is -2.26. The molecule has 1 aliphatic carbocycles. The summed E-state index contributed by atoms with van der Waals surface area (Å²) >= 11 is 0. The zero-order chi connectivity index (χ0) is 18.7. The fourth-order valence-corrected chi connectivity index (χ4v) is 3.16. The molecule has 2 amide bonds. The Morgan fingerprint density at radius 2 is 1.85 bits per heavy atom. The second-order valence-electron chi connectivity index (χ2n) is 6.64. The summed E-state index contributed by atoms with van der Waals surface area (Å²) in [6.45, 7) is 1.31. The molecule has 2 aromatic rings. The molecule has 26 heavy (non-hydrogen) atoms. The fourth-order valence-electron chi connectivity index (χ4n) is 3.16. The largest absolute Gasteiger partial charge is 0.480 e. The molecule has 1 aliphatic rings. The molecule has 0 bridgehead atoms. The monoisotopic (exact) mass is 354 g/mol. The molecule has 0 aromatic heterocycles. The van der Waals surface area contributed by atoms with Crippen LogP contribution >= 0.6 is 0 Å². The van der Waals surface area contributed by atoms with Crippen LogP contribution in [0.4, 0.5) is 0 Å². The molecule has 0 heterocycles. The quantitative estimate of drug-likeness (QED) is 0.796. The maximum Gasteiger partial charge on any atom is 0.326 e. The first-order valence-electron chi connectivity index (χ1n) is 8.74. The first-order chi connectivity index (χ1) is 12.5. The fraction of sp³-hybridized carbons (Fsp3) is 0.350. The SMILES string of the molecule is CC(C(=O)O)N(C(=O)CNC(=O)Cc1cccc2ccccc12)C1CC1. The van der Waals surface area contributed by atoms with Gasteiger partial charge in [0.15, 0.2) is 0 Å². The molecule has 6 nitrogen and oxygen atoms in total. The number of carboxylic acids is 1. The van der Waals surface area contributed by atoms with E-state index in [1.807, 2.05) is 42.5 Å². The number of rotatable bonds is 7. The summed E-state index contributed by atoms with van der Waals surface area (Å²) in [5.74, 6) is -1.64. The van der Waals surface area contributed by atoms with Crippen molar-refractivity contribution < 1.29 is 19.5 Å². The average molecular weight is 354 g/mol. The minimum Gasteiger partial charge on any atom is -0.480 e. The van der Waals surface area contributed by atoms with E-state index in [4.69, 9.17) is 5.11 Å². The van der Waals surface area contributed by atoms with E-state index < -0.39 is 12.0 Å². The van der Waals surface area contributed by atoms with E-state index in [9.17, 15) is 14.4 Å². The average Bonchev–Trinajstić information content (AvgIpc) is 3.45. The van der Waals surface area contributed by atoms with Crippen molar-refractivity contribution in [3.63, 3.8) is 0 Å². The molecule has 136 valence electrons. The first-order valence-corrected chi connectivity index (χ1v) is 8.74. The summed E-state index contributed by atoms with van der Waals surface area (Å²) in [7, 11) is 0. The normalized spacial score (nSPS) is 14.7. The standard InChI is InChI=1S/C20H22N2O4/c1-13(20(25)26)22(16-9-10-16)19(24)12-21-18(23)11-15-7-4-6-14-5-2-3-8-17(14)15/h2-8,13,16H,9-12H2,1H3,(H,21,23)(H,25,26). The number of hydrogen-bond acceptors (Lipinski definition) is 3. The van der Waals surface area contributed by atoms with E-state index >= 15 is 0 Å². The van der Waals surface area contributed by atoms with Gasteiger partial charge in [-0.2, -0.15) is 0 Å². The highest BCUT2D eigenvalue weighted by Gasteiger charge is 2.38. The number of carbonyl (C=O) groups is 3. The van der Waals surface area contributed by atoms with Gasteiger partial charge in [0, 0.05) is 6.04 Å². The van der Waals surface area contributed by atoms with Crippen molar-refractivity contribution in [2.75, 3.05) is 6.54 Å². The number of hydrogen-bond donors (Lipinski definition) is 2. The third kappa shape index (κ3) is 4.02. The van der Waals surface area contributed by atoms with Gasteiger partial charge >= 0.3 is 5.97 Å². The lowest BCUT2D eigenvalue weighted by Crippen LogP contribution is -2.48. The summed E-state index contributed by atoms with van der Waals surface area (Å²) in [4.78, 5) is 37.2. The van der Waals surface area contributed by atoms with Crippen molar-refractivity contribution in [2.45, 2.75) is 38.3 Å². The zero-order valence-electron chi connectivity index (χ0n) is 14.6. The number of carbonyl (C=O) groups excluding carboxylic acids is 2. The van der Waals surface area contributed by atoms with Gasteiger partial charge < -0.3 is 15.3 Å². The number of amides is 2. The Labute approximate surface area is 151 Å². The highest BCUT2D eigenvalue weighted by molar-refractivity contribution is 5.92. The molecule has 1 fully saturated rings. The number of benzene rings is 2. The minimum absolute atomic E-state index is 0.0245. The third-order valence-corrected chi connectivity index (χ3v) is 4.67. The van der Waals surface area contributed by atoms with Crippen LogP contribution in [0.15, 0.2) is 42.5 Å². The Balaban J connectivity index is 1.61. The van der Waals surface area contributed by atoms with Crippen LogP contribution < -0.4 is 5.32 Å². The summed E-state index contributed by atoms with van der Waals surface area (Å²) < 4.78 is 0. The van der Waals surface area contributed by atoms with Crippen LogP contribution in [0.25, 0.3) is 10.8 Å². The summed E-state index contributed by atoms with van der Waals surface area (Å²) in [5.41, 5.74) is 0.894. The van der Waals surface area contributed by atoms with Gasteiger partial charge in [0.05, 0.1) is 13.0 Å². The number of nitrogens with zero attached hydrogens (tertiary/aromatic N) is 1. The van der Waals surface area contributed by atoms with Gasteiger partial charge in [-0.25, -0.2) is 4.79 Å². The molecule has 1 unspecified atom stereocenters. The Kier molecular flexibility index (Phi) is 5.21. The Bertz CT molecular complexity index is 839. The van der Waals surface area contributed by atoms with Crippen molar-refractivity contribution >= 4 is 28.6 Å². The van der Waals surface area contributed by atoms with Gasteiger partial charge in [-0.15, -0.1) is 0 Å². The van der Waals surface area contributed by atoms with Crippen LogP contribution in [-0.2, 0) is 20.8 Å². The predicted octanol–water partition coefficient (Wildman–Crippen LogP) is 1.96. The van der Waals surface area contributed by atoms with E-state index in [1.54, 1.807) is 0 Å². The molecule has 0 spiro atoms. The second kappa shape index (κ2) is 7.56. The van der Waals surface area contributed by atoms with Crippen LogP contribution in [-0.4, -0.2) is 46.4 Å². The van der Waals surface area contributed by atoms with Crippen molar-refractivity contribution in [3.05, 3.63) is 48.0 Å². The van der Waals surface area contributed by atoms with Crippen molar-refractivity contribution in [1.29, 1.82) is 0 Å². The molecule has 1 atom stereocenters. The van der Waals surface area contributed by atoms with Crippen LogP contribution in [0.5, 0.6) is 0 Å². The van der Waals surface area contributed by atoms with E-state index in [-0.39, 0.29) is 30.8 Å². The molecule has 0 radical (unpaired) electrons. The Morgan fingerprint density at radius 3 is 2.54 bits per heavy atom. The van der Waals surface area contributed by atoms with Crippen LogP contribution in [0, 0.1) is 0 Å². The maximum absolute atomic E-state index is 12.4. The van der Waals surface area contributed by atoms with Crippen LogP contribution in [0.2, 0.25) is 0 Å².